The summed E-state index contributed by atoms with van der Waals surface area (Å²) in [4.78, 5) is 28.7. The van der Waals surface area contributed by atoms with Gasteiger partial charge in [-0.25, -0.2) is 0 Å². The van der Waals surface area contributed by atoms with Crippen molar-refractivity contribution in [1.82, 2.24) is 10.2 Å². The smallest absolute Gasteiger partial charge is 0.257 e. The van der Waals surface area contributed by atoms with Gasteiger partial charge in [-0.3, -0.25) is 9.59 Å². The highest BCUT2D eigenvalue weighted by Crippen LogP contribution is 2.38. The van der Waals surface area contributed by atoms with Crippen LogP contribution in [-0.4, -0.2) is 43.0 Å². The number of rotatable bonds is 1. The average Bonchev–Trinajstić information content (AvgIpc) is 3.23. The number of ether oxygens (including phenoxy) is 1. The standard InChI is InChI=1S/C29H37ClN2O4/c1-20-26(22-8-4-5-9-25(22)36-20)28(34)32-15-13-29(14-16-32)12-6-2-3-7-17-35-24-11-10-21(30)18-23(24)27(33)31-19-29/h10-11,18H,2-9,12-17,19H2,1H3,(H,31,33). The molecular formula is C29H37ClN2O4. The Bertz CT molecular complexity index is 1120. The number of benzene rings is 1. The van der Waals surface area contributed by atoms with Gasteiger partial charge in [0.05, 0.1) is 17.7 Å². The number of halogens is 1. The maximum atomic E-state index is 13.6. The third kappa shape index (κ3) is 5.29. The molecule has 0 saturated carbocycles. The van der Waals surface area contributed by atoms with Crippen molar-refractivity contribution in [2.75, 3.05) is 26.2 Å². The third-order valence-corrected chi connectivity index (χ3v) is 8.58. The van der Waals surface area contributed by atoms with Gasteiger partial charge in [-0.15, -0.1) is 0 Å². The molecule has 7 heteroatoms. The van der Waals surface area contributed by atoms with E-state index in [1.165, 1.54) is 0 Å². The molecular weight excluding hydrogens is 476 g/mol. The molecule has 0 atom stereocenters. The van der Waals surface area contributed by atoms with Gasteiger partial charge < -0.3 is 19.4 Å². The van der Waals surface area contributed by atoms with E-state index in [2.05, 4.69) is 5.32 Å². The molecule has 1 aromatic heterocycles. The Morgan fingerprint density at radius 2 is 1.81 bits per heavy atom. The number of nitrogens with zero attached hydrogens (tertiary/aromatic N) is 1. The number of aryl methyl sites for hydroxylation is 2. The van der Waals surface area contributed by atoms with Crippen molar-refractivity contribution < 1.29 is 18.7 Å². The molecule has 0 bridgehead atoms. The second-order valence-electron chi connectivity index (χ2n) is 10.8. The Labute approximate surface area is 218 Å². The first-order valence-electron chi connectivity index (χ1n) is 13.6. The summed E-state index contributed by atoms with van der Waals surface area (Å²) in [5.74, 6) is 2.33. The normalized spacial score (nSPS) is 20.7. The Balaban J connectivity index is 1.30. The van der Waals surface area contributed by atoms with Gasteiger partial charge in [0, 0.05) is 36.6 Å². The van der Waals surface area contributed by atoms with E-state index < -0.39 is 0 Å². The number of hydrogen-bond donors (Lipinski definition) is 1. The van der Waals surface area contributed by atoms with Crippen LogP contribution < -0.4 is 10.1 Å². The van der Waals surface area contributed by atoms with E-state index in [4.69, 9.17) is 20.8 Å². The van der Waals surface area contributed by atoms with Gasteiger partial charge in [0.1, 0.15) is 17.3 Å². The van der Waals surface area contributed by atoms with Crippen molar-refractivity contribution in [3.63, 3.8) is 0 Å². The molecule has 6 nitrogen and oxygen atoms in total. The fraction of sp³-hybridized carbons (Fsp3) is 0.586. The number of likely N-dealkylation sites (tertiary alicyclic amines) is 1. The zero-order chi connectivity index (χ0) is 25.1. The fourth-order valence-corrected chi connectivity index (χ4v) is 6.32. The molecule has 2 aliphatic heterocycles. The first kappa shape index (κ1) is 25.2. The molecule has 1 aromatic carbocycles. The molecule has 194 valence electrons. The molecule has 1 fully saturated rings. The third-order valence-electron chi connectivity index (χ3n) is 8.34. The monoisotopic (exact) mass is 512 g/mol. The van der Waals surface area contributed by atoms with Crippen LogP contribution in [0.15, 0.2) is 22.6 Å². The van der Waals surface area contributed by atoms with Gasteiger partial charge in [-0.2, -0.15) is 0 Å². The summed E-state index contributed by atoms with van der Waals surface area (Å²) in [6.07, 6.45) is 11.3. The van der Waals surface area contributed by atoms with Gasteiger partial charge in [-0.05, 0) is 75.5 Å². The maximum absolute atomic E-state index is 13.6. The molecule has 1 spiro atoms. The van der Waals surface area contributed by atoms with Crippen molar-refractivity contribution in [3.05, 3.63) is 51.4 Å². The van der Waals surface area contributed by atoms with Crippen molar-refractivity contribution in [2.24, 2.45) is 5.41 Å². The van der Waals surface area contributed by atoms with Crippen molar-refractivity contribution in [1.29, 1.82) is 0 Å². The van der Waals surface area contributed by atoms with Crippen LogP contribution in [0.2, 0.25) is 5.02 Å². The minimum atomic E-state index is -0.148. The second kappa shape index (κ2) is 10.9. The Morgan fingerprint density at radius 1 is 1.03 bits per heavy atom. The lowest BCUT2D eigenvalue weighted by atomic mass is 9.74. The molecule has 5 rings (SSSR count). The molecule has 3 aliphatic rings. The summed E-state index contributed by atoms with van der Waals surface area (Å²) in [5.41, 5.74) is 2.42. The van der Waals surface area contributed by atoms with Gasteiger partial charge in [0.2, 0.25) is 0 Å². The first-order valence-corrected chi connectivity index (χ1v) is 13.9. The molecule has 36 heavy (non-hydrogen) atoms. The van der Waals surface area contributed by atoms with Gasteiger partial charge in [-0.1, -0.05) is 30.9 Å². The molecule has 1 N–H and O–H groups in total. The summed E-state index contributed by atoms with van der Waals surface area (Å²) >= 11 is 6.20. The van der Waals surface area contributed by atoms with Crippen LogP contribution in [0.1, 0.15) is 95.6 Å². The number of carbonyl (C=O) groups excluding carboxylic acids is 2. The van der Waals surface area contributed by atoms with Crippen molar-refractivity contribution in [3.8, 4) is 5.75 Å². The number of carbonyl (C=O) groups is 2. The summed E-state index contributed by atoms with van der Waals surface area (Å²) in [7, 11) is 0. The van der Waals surface area contributed by atoms with Crippen molar-refractivity contribution >= 4 is 23.4 Å². The van der Waals surface area contributed by atoms with Crippen LogP contribution in [0.5, 0.6) is 5.75 Å². The number of hydrogen-bond acceptors (Lipinski definition) is 4. The lowest BCUT2D eigenvalue weighted by Crippen LogP contribution is -2.48. The molecule has 2 amide bonds. The van der Waals surface area contributed by atoms with Gasteiger partial charge in [0.15, 0.2) is 0 Å². The molecule has 2 aromatic rings. The summed E-state index contributed by atoms with van der Waals surface area (Å²) in [6, 6.07) is 5.24. The zero-order valence-corrected chi connectivity index (χ0v) is 22.1. The number of amides is 2. The lowest BCUT2D eigenvalue weighted by Gasteiger charge is -2.42. The van der Waals surface area contributed by atoms with E-state index in [0.29, 0.717) is 42.6 Å². The van der Waals surface area contributed by atoms with Crippen LogP contribution in [0.4, 0.5) is 0 Å². The van der Waals surface area contributed by atoms with E-state index in [-0.39, 0.29) is 17.2 Å². The van der Waals surface area contributed by atoms with Gasteiger partial charge in [0.25, 0.3) is 11.8 Å². The van der Waals surface area contributed by atoms with Gasteiger partial charge >= 0.3 is 0 Å². The molecule has 1 saturated heterocycles. The van der Waals surface area contributed by atoms with E-state index in [9.17, 15) is 9.59 Å². The fourth-order valence-electron chi connectivity index (χ4n) is 6.15. The molecule has 0 radical (unpaired) electrons. The predicted octanol–water partition coefficient (Wildman–Crippen LogP) is 6.12. The number of furan rings is 1. The van der Waals surface area contributed by atoms with E-state index in [0.717, 1.165) is 93.3 Å². The highest BCUT2D eigenvalue weighted by molar-refractivity contribution is 6.31. The van der Waals surface area contributed by atoms with E-state index in [1.807, 2.05) is 11.8 Å². The molecule has 3 heterocycles. The zero-order valence-electron chi connectivity index (χ0n) is 21.3. The van der Waals surface area contributed by atoms with Crippen LogP contribution in [0, 0.1) is 12.3 Å². The van der Waals surface area contributed by atoms with Crippen LogP contribution in [-0.2, 0) is 12.8 Å². The maximum Gasteiger partial charge on any atom is 0.257 e. The molecule has 0 unspecified atom stereocenters. The minimum Gasteiger partial charge on any atom is -0.493 e. The second-order valence-corrected chi connectivity index (χ2v) is 11.2. The SMILES string of the molecule is Cc1oc2c(c1C(=O)N1CCC3(CCCCCCOc4ccc(Cl)cc4C(=O)NC3)CC1)CCCC2. The first-order chi connectivity index (χ1) is 17.5. The highest BCUT2D eigenvalue weighted by atomic mass is 35.5. The largest absolute Gasteiger partial charge is 0.493 e. The predicted molar refractivity (Wildman–Crippen MR) is 140 cm³/mol. The summed E-state index contributed by atoms with van der Waals surface area (Å²) < 4.78 is 11.9. The summed E-state index contributed by atoms with van der Waals surface area (Å²) in [6.45, 7) is 4.54. The summed E-state index contributed by atoms with van der Waals surface area (Å²) in [5, 5.41) is 3.71. The van der Waals surface area contributed by atoms with Crippen molar-refractivity contribution in [2.45, 2.75) is 77.6 Å². The number of piperidine rings is 1. The lowest BCUT2D eigenvalue weighted by molar-refractivity contribution is 0.0533. The molecule has 1 aliphatic carbocycles. The number of fused-ring (bicyclic) bond motifs is 2. The Morgan fingerprint density at radius 3 is 2.64 bits per heavy atom. The topological polar surface area (TPSA) is 71.8 Å². The minimum absolute atomic E-state index is 0.00897. The van der Waals surface area contributed by atoms with E-state index in [1.54, 1.807) is 18.2 Å². The Kier molecular flexibility index (Phi) is 7.61. The van der Waals surface area contributed by atoms with E-state index >= 15 is 0 Å². The van der Waals surface area contributed by atoms with Crippen LogP contribution >= 0.6 is 11.6 Å². The number of nitrogens with one attached hydrogen (secondary N) is 1. The average molecular weight is 513 g/mol. The Hall–Kier alpha value is -2.47. The quantitative estimate of drug-likeness (QED) is 0.500. The highest BCUT2D eigenvalue weighted by Gasteiger charge is 2.38. The van der Waals surface area contributed by atoms with Crippen LogP contribution in [0.3, 0.4) is 0 Å². The van der Waals surface area contributed by atoms with Crippen LogP contribution in [0.25, 0.3) is 0 Å².